The molecule has 3 N–H and O–H groups in total. The maximum absolute atomic E-state index is 12.4. The molecule has 7 nitrogen and oxygen atoms in total. The summed E-state index contributed by atoms with van der Waals surface area (Å²) in [5.74, 6) is -1.05. The monoisotopic (exact) mass is 381 g/mol. The van der Waals surface area contributed by atoms with E-state index in [-0.39, 0.29) is 24.4 Å². The molecule has 1 aliphatic carbocycles. The van der Waals surface area contributed by atoms with E-state index in [2.05, 4.69) is 16.0 Å². The molecule has 0 spiro atoms. The van der Waals surface area contributed by atoms with E-state index in [4.69, 9.17) is 4.74 Å². The van der Waals surface area contributed by atoms with Crippen LogP contribution < -0.4 is 16.0 Å². The Bertz CT molecular complexity index is 850. The van der Waals surface area contributed by atoms with Crippen molar-refractivity contribution in [3.8, 4) is 0 Å². The van der Waals surface area contributed by atoms with Crippen LogP contribution in [0.15, 0.2) is 54.6 Å². The van der Waals surface area contributed by atoms with Crippen LogP contribution in [0.1, 0.15) is 34.8 Å². The molecule has 7 heteroatoms. The summed E-state index contributed by atoms with van der Waals surface area (Å²) in [5, 5.41) is 8.56. The number of carbonyl (C=O) groups excluding carboxylic acids is 3. The number of carbonyl (C=O) groups is 3. The zero-order valence-corrected chi connectivity index (χ0v) is 15.6. The molecule has 1 fully saturated rings. The quantitative estimate of drug-likeness (QED) is 0.608. The fourth-order valence-corrected chi connectivity index (χ4v) is 2.77. The molecule has 28 heavy (non-hydrogen) atoms. The van der Waals surface area contributed by atoms with Crippen molar-refractivity contribution >= 4 is 23.5 Å². The van der Waals surface area contributed by atoms with E-state index in [1.54, 1.807) is 36.4 Å². The second-order valence-corrected chi connectivity index (χ2v) is 6.59. The number of hydrogen-bond donors (Lipinski definition) is 3. The summed E-state index contributed by atoms with van der Waals surface area (Å²) in [5.41, 5.74) is 1.54. The number of benzene rings is 2. The van der Waals surface area contributed by atoms with Crippen LogP contribution in [-0.2, 0) is 14.3 Å². The van der Waals surface area contributed by atoms with Crippen LogP contribution in [0, 0.1) is 0 Å². The van der Waals surface area contributed by atoms with Crippen molar-refractivity contribution in [1.82, 2.24) is 10.6 Å². The van der Waals surface area contributed by atoms with Crippen LogP contribution in [0.25, 0.3) is 0 Å². The minimum absolute atomic E-state index is 0.118. The molecule has 0 radical (unpaired) electrons. The zero-order valence-electron chi connectivity index (χ0n) is 15.6. The largest absolute Gasteiger partial charge is 0.468 e. The van der Waals surface area contributed by atoms with Gasteiger partial charge in [0, 0.05) is 6.04 Å². The summed E-state index contributed by atoms with van der Waals surface area (Å²) in [4.78, 5) is 36.8. The van der Waals surface area contributed by atoms with Gasteiger partial charge in [-0.2, -0.15) is 0 Å². The maximum Gasteiger partial charge on any atom is 0.327 e. The van der Waals surface area contributed by atoms with Crippen LogP contribution >= 0.6 is 0 Å². The lowest BCUT2D eigenvalue weighted by Gasteiger charge is -2.17. The molecule has 1 atom stereocenters. The normalized spacial score (nSPS) is 14.0. The molecule has 0 saturated heterocycles. The maximum atomic E-state index is 12.4. The predicted octanol–water partition coefficient (Wildman–Crippen LogP) is 2.02. The first-order chi connectivity index (χ1) is 13.6. The van der Waals surface area contributed by atoms with Crippen molar-refractivity contribution in [1.29, 1.82) is 0 Å². The Morgan fingerprint density at radius 2 is 1.71 bits per heavy atom. The SMILES string of the molecule is COC(=O)C(NCC(=O)Nc1ccccc1C(=O)NC1CC1)c1ccccc1. The first kappa shape index (κ1) is 19.6. The number of nitrogens with one attached hydrogen (secondary N) is 3. The van der Waals surface area contributed by atoms with Crippen molar-refractivity contribution < 1.29 is 19.1 Å². The van der Waals surface area contributed by atoms with Crippen molar-refractivity contribution in [3.63, 3.8) is 0 Å². The molecule has 2 aromatic rings. The molecular weight excluding hydrogens is 358 g/mol. The average Bonchev–Trinajstić information content (AvgIpc) is 3.53. The molecule has 3 rings (SSSR count). The number of ether oxygens (including phenoxy) is 1. The van der Waals surface area contributed by atoms with Crippen LogP contribution in [0.4, 0.5) is 5.69 Å². The molecule has 146 valence electrons. The van der Waals surface area contributed by atoms with E-state index >= 15 is 0 Å². The lowest BCUT2D eigenvalue weighted by atomic mass is 10.1. The smallest absolute Gasteiger partial charge is 0.327 e. The van der Waals surface area contributed by atoms with E-state index in [0.29, 0.717) is 16.8 Å². The summed E-state index contributed by atoms with van der Waals surface area (Å²) in [7, 11) is 1.30. The van der Waals surface area contributed by atoms with E-state index in [1.165, 1.54) is 7.11 Å². The Balaban J connectivity index is 1.63. The molecular formula is C21H23N3O4. The molecule has 2 amide bonds. The third kappa shape index (κ3) is 5.17. The summed E-state index contributed by atoms with van der Waals surface area (Å²) < 4.78 is 4.82. The number of esters is 1. The summed E-state index contributed by atoms with van der Waals surface area (Å²) in [6.07, 6.45) is 1.97. The van der Waals surface area contributed by atoms with Crippen molar-refractivity contribution in [2.45, 2.75) is 24.9 Å². The summed E-state index contributed by atoms with van der Waals surface area (Å²) >= 11 is 0. The van der Waals surface area contributed by atoms with Gasteiger partial charge in [-0.3, -0.25) is 14.9 Å². The minimum Gasteiger partial charge on any atom is -0.468 e. The molecule has 0 bridgehead atoms. The van der Waals surface area contributed by atoms with Gasteiger partial charge in [0.25, 0.3) is 5.91 Å². The Morgan fingerprint density at radius 1 is 1.04 bits per heavy atom. The van der Waals surface area contributed by atoms with E-state index in [9.17, 15) is 14.4 Å². The highest BCUT2D eigenvalue weighted by molar-refractivity contribution is 6.04. The van der Waals surface area contributed by atoms with Gasteiger partial charge < -0.3 is 15.4 Å². The number of para-hydroxylation sites is 1. The van der Waals surface area contributed by atoms with Gasteiger partial charge in [-0.05, 0) is 30.5 Å². The molecule has 2 aromatic carbocycles. The standard InChI is InChI=1S/C21H23N3O4/c1-28-21(27)19(14-7-3-2-4-8-14)22-13-18(25)24-17-10-6-5-9-16(17)20(26)23-15-11-12-15/h2-10,15,19,22H,11-13H2,1H3,(H,23,26)(H,24,25). The molecule has 0 aromatic heterocycles. The summed E-state index contributed by atoms with van der Waals surface area (Å²) in [6, 6.07) is 15.3. The second kappa shape index (κ2) is 9.14. The zero-order chi connectivity index (χ0) is 19.9. The van der Waals surface area contributed by atoms with Crippen LogP contribution in [0.3, 0.4) is 0 Å². The van der Waals surface area contributed by atoms with Crippen LogP contribution in [0.2, 0.25) is 0 Å². The highest BCUT2D eigenvalue weighted by atomic mass is 16.5. The topological polar surface area (TPSA) is 96.5 Å². The van der Waals surface area contributed by atoms with Gasteiger partial charge in [0.05, 0.1) is 24.9 Å². The Labute approximate surface area is 163 Å². The fourth-order valence-electron chi connectivity index (χ4n) is 2.77. The molecule has 1 aliphatic rings. The number of anilines is 1. The van der Waals surface area contributed by atoms with Crippen LogP contribution in [-0.4, -0.2) is 37.5 Å². The van der Waals surface area contributed by atoms with Gasteiger partial charge in [0.15, 0.2) is 0 Å². The van der Waals surface area contributed by atoms with E-state index in [1.807, 2.05) is 18.2 Å². The first-order valence-electron chi connectivity index (χ1n) is 9.14. The number of amides is 2. The van der Waals surface area contributed by atoms with Gasteiger partial charge in [0.2, 0.25) is 5.91 Å². The Morgan fingerprint density at radius 3 is 2.39 bits per heavy atom. The molecule has 0 heterocycles. The number of hydrogen-bond acceptors (Lipinski definition) is 5. The lowest BCUT2D eigenvalue weighted by Crippen LogP contribution is -2.36. The van der Waals surface area contributed by atoms with Gasteiger partial charge in [-0.1, -0.05) is 42.5 Å². The first-order valence-corrected chi connectivity index (χ1v) is 9.14. The van der Waals surface area contributed by atoms with Crippen molar-refractivity contribution in [3.05, 3.63) is 65.7 Å². The van der Waals surface area contributed by atoms with Crippen molar-refractivity contribution in [2.24, 2.45) is 0 Å². The van der Waals surface area contributed by atoms with Gasteiger partial charge in [-0.15, -0.1) is 0 Å². The van der Waals surface area contributed by atoms with Gasteiger partial charge >= 0.3 is 5.97 Å². The average molecular weight is 381 g/mol. The molecule has 1 saturated carbocycles. The second-order valence-electron chi connectivity index (χ2n) is 6.59. The number of methoxy groups -OCH3 is 1. The summed E-state index contributed by atoms with van der Waals surface area (Å²) in [6.45, 7) is -0.118. The lowest BCUT2D eigenvalue weighted by molar-refractivity contribution is -0.143. The molecule has 0 aliphatic heterocycles. The number of rotatable bonds is 8. The van der Waals surface area contributed by atoms with Crippen LogP contribution in [0.5, 0.6) is 0 Å². The van der Waals surface area contributed by atoms with E-state index < -0.39 is 12.0 Å². The predicted molar refractivity (Wildman–Crippen MR) is 105 cm³/mol. The van der Waals surface area contributed by atoms with Crippen molar-refractivity contribution in [2.75, 3.05) is 19.0 Å². The fraction of sp³-hybridized carbons (Fsp3) is 0.286. The van der Waals surface area contributed by atoms with Gasteiger partial charge in [-0.25, -0.2) is 4.79 Å². The molecule has 1 unspecified atom stereocenters. The Hall–Kier alpha value is -3.19. The highest BCUT2D eigenvalue weighted by Gasteiger charge is 2.25. The minimum atomic E-state index is -0.759. The Kier molecular flexibility index (Phi) is 6.39. The highest BCUT2D eigenvalue weighted by Crippen LogP contribution is 2.21. The van der Waals surface area contributed by atoms with Gasteiger partial charge in [0.1, 0.15) is 6.04 Å². The van der Waals surface area contributed by atoms with E-state index in [0.717, 1.165) is 12.8 Å². The third-order valence-electron chi connectivity index (χ3n) is 4.39. The third-order valence-corrected chi connectivity index (χ3v) is 4.39.